The highest BCUT2D eigenvalue weighted by molar-refractivity contribution is 7.15. The van der Waals surface area contributed by atoms with Gasteiger partial charge in [0.15, 0.2) is 10.1 Å². The van der Waals surface area contributed by atoms with Crippen LogP contribution >= 0.6 is 22.9 Å². The summed E-state index contributed by atoms with van der Waals surface area (Å²) in [5, 5.41) is 1.18. The van der Waals surface area contributed by atoms with Gasteiger partial charge in [0.1, 0.15) is 0 Å². The van der Waals surface area contributed by atoms with Gasteiger partial charge in [0.25, 0.3) is 6.47 Å². The summed E-state index contributed by atoms with van der Waals surface area (Å²) in [7, 11) is 1.55. The van der Waals surface area contributed by atoms with Crippen molar-refractivity contribution < 1.29 is 14.3 Å². The van der Waals surface area contributed by atoms with E-state index in [2.05, 4.69) is 4.74 Å². The predicted octanol–water partition coefficient (Wildman–Crippen LogP) is 2.03. The third-order valence-corrected chi connectivity index (χ3v) is 2.56. The van der Waals surface area contributed by atoms with E-state index in [0.29, 0.717) is 22.5 Å². The number of methoxy groups -OCH3 is 1. The zero-order valence-electron chi connectivity index (χ0n) is 6.37. The Hall–Kier alpha value is -0.740. The van der Waals surface area contributed by atoms with E-state index < -0.39 is 0 Å². The van der Waals surface area contributed by atoms with Gasteiger partial charge in [-0.25, -0.2) is 0 Å². The molecule has 0 amide bonds. The Bertz CT molecular complexity index is 250. The fourth-order valence-electron chi connectivity index (χ4n) is 0.759. The van der Waals surface area contributed by atoms with E-state index in [4.69, 9.17) is 16.3 Å². The molecule has 0 aliphatic carbocycles. The highest BCUT2D eigenvalue weighted by atomic mass is 35.5. The molecule has 0 aliphatic heterocycles. The van der Waals surface area contributed by atoms with Crippen LogP contribution in [0.4, 0.5) is 0 Å². The van der Waals surface area contributed by atoms with E-state index in [1.54, 1.807) is 13.2 Å². The summed E-state index contributed by atoms with van der Waals surface area (Å²) in [4.78, 5) is 9.98. The van der Waals surface area contributed by atoms with Crippen molar-refractivity contribution in [2.24, 2.45) is 0 Å². The summed E-state index contributed by atoms with van der Waals surface area (Å²) in [6, 6.07) is 1.69. The van der Waals surface area contributed by atoms with E-state index in [0.717, 1.165) is 5.56 Å². The number of rotatable bonds is 4. The lowest BCUT2D eigenvalue weighted by Crippen LogP contribution is -1.83. The molecule has 12 heavy (non-hydrogen) atoms. The van der Waals surface area contributed by atoms with Crippen LogP contribution in [0.25, 0.3) is 0 Å². The second-order valence-electron chi connectivity index (χ2n) is 1.93. The van der Waals surface area contributed by atoms with Crippen molar-refractivity contribution in [1.82, 2.24) is 0 Å². The number of alkyl halides is 1. The summed E-state index contributed by atoms with van der Waals surface area (Å²) in [5.74, 6) is 0.349. The smallest absolute Gasteiger partial charge is 0.299 e. The summed E-state index contributed by atoms with van der Waals surface area (Å²) < 4.78 is 9.63. The van der Waals surface area contributed by atoms with Crippen LogP contribution in [-0.4, -0.2) is 13.6 Å². The largest absolute Gasteiger partial charge is 0.487 e. The Kier molecular flexibility index (Phi) is 3.37. The molecule has 0 bridgehead atoms. The van der Waals surface area contributed by atoms with Gasteiger partial charge in [-0.05, 0) is 0 Å². The molecule has 0 spiro atoms. The molecule has 0 radical (unpaired) electrons. The first-order valence-corrected chi connectivity index (χ1v) is 4.50. The lowest BCUT2D eigenvalue weighted by Gasteiger charge is -1.94. The van der Waals surface area contributed by atoms with Gasteiger partial charge >= 0.3 is 0 Å². The minimum atomic E-state index is 0.349. The van der Waals surface area contributed by atoms with Gasteiger partial charge in [-0.2, -0.15) is 0 Å². The van der Waals surface area contributed by atoms with Crippen molar-refractivity contribution >= 4 is 29.4 Å². The van der Waals surface area contributed by atoms with Crippen molar-refractivity contribution in [2.75, 3.05) is 7.11 Å². The van der Waals surface area contributed by atoms with Crippen molar-refractivity contribution in [3.63, 3.8) is 0 Å². The Labute approximate surface area is 78.9 Å². The van der Waals surface area contributed by atoms with E-state index in [1.165, 1.54) is 11.3 Å². The Morgan fingerprint density at radius 2 is 2.50 bits per heavy atom. The van der Waals surface area contributed by atoms with Crippen LogP contribution in [0.3, 0.4) is 0 Å². The van der Waals surface area contributed by atoms with Crippen molar-refractivity contribution in [3.05, 3.63) is 11.6 Å². The van der Waals surface area contributed by atoms with Crippen LogP contribution in [0.5, 0.6) is 10.1 Å². The lowest BCUT2D eigenvalue weighted by molar-refractivity contribution is -0.120. The number of ether oxygens (including phenoxy) is 2. The average Bonchev–Trinajstić information content (AvgIpc) is 2.48. The summed E-state index contributed by atoms with van der Waals surface area (Å²) >= 11 is 6.86. The molecule has 5 heteroatoms. The second-order valence-corrected chi connectivity index (χ2v) is 3.17. The molecular weight excluding hydrogens is 200 g/mol. The van der Waals surface area contributed by atoms with Gasteiger partial charge in [-0.15, -0.1) is 11.6 Å². The average molecular weight is 207 g/mol. The van der Waals surface area contributed by atoms with E-state index in [9.17, 15) is 4.79 Å². The monoisotopic (exact) mass is 206 g/mol. The van der Waals surface area contributed by atoms with E-state index >= 15 is 0 Å². The summed E-state index contributed by atoms with van der Waals surface area (Å²) in [5.41, 5.74) is 0.834. The molecule has 0 aromatic carbocycles. The number of carbonyl (C=O) groups excluding carboxylic acids is 1. The molecule has 0 N–H and O–H groups in total. The van der Waals surface area contributed by atoms with Crippen molar-refractivity contribution in [2.45, 2.75) is 5.88 Å². The third kappa shape index (κ3) is 1.89. The van der Waals surface area contributed by atoms with Gasteiger partial charge < -0.3 is 9.47 Å². The maximum atomic E-state index is 9.98. The minimum absolute atomic E-state index is 0.349. The number of carbonyl (C=O) groups is 1. The fourth-order valence-corrected chi connectivity index (χ4v) is 1.85. The van der Waals surface area contributed by atoms with Crippen molar-refractivity contribution in [1.29, 1.82) is 0 Å². The third-order valence-electron chi connectivity index (χ3n) is 1.24. The summed E-state index contributed by atoms with van der Waals surface area (Å²) in [6.45, 7) is 0.378. The Morgan fingerprint density at radius 1 is 1.75 bits per heavy atom. The topological polar surface area (TPSA) is 35.5 Å². The fraction of sp³-hybridized carbons (Fsp3) is 0.286. The number of halogens is 1. The van der Waals surface area contributed by atoms with Crippen LogP contribution in [0.15, 0.2) is 6.07 Å². The molecule has 0 aliphatic rings. The van der Waals surface area contributed by atoms with Crippen molar-refractivity contribution in [3.8, 4) is 10.1 Å². The molecule has 1 heterocycles. The van der Waals surface area contributed by atoms with Gasteiger partial charge in [-0.1, -0.05) is 11.3 Å². The van der Waals surface area contributed by atoms with Crippen LogP contribution in [0.1, 0.15) is 5.56 Å². The Morgan fingerprint density at radius 3 is 2.92 bits per heavy atom. The van der Waals surface area contributed by atoms with Gasteiger partial charge in [-0.3, -0.25) is 4.79 Å². The first kappa shape index (κ1) is 9.35. The van der Waals surface area contributed by atoms with Crippen LogP contribution in [0.2, 0.25) is 0 Å². The highest BCUT2D eigenvalue weighted by Gasteiger charge is 2.08. The minimum Gasteiger partial charge on any atom is -0.487 e. The molecule has 0 atom stereocenters. The molecule has 1 aromatic heterocycles. The lowest BCUT2D eigenvalue weighted by atomic mass is 10.4. The number of thiophene rings is 1. The molecule has 1 rings (SSSR count). The molecule has 0 fully saturated rings. The first-order chi connectivity index (χ1) is 5.81. The summed E-state index contributed by atoms with van der Waals surface area (Å²) in [6.07, 6.45) is 0. The first-order valence-electron chi connectivity index (χ1n) is 3.14. The van der Waals surface area contributed by atoms with E-state index in [-0.39, 0.29) is 0 Å². The Balaban J connectivity index is 2.88. The van der Waals surface area contributed by atoms with Gasteiger partial charge in [0.2, 0.25) is 0 Å². The second kappa shape index (κ2) is 4.33. The number of hydrogen-bond donors (Lipinski definition) is 0. The quantitative estimate of drug-likeness (QED) is 0.559. The van der Waals surface area contributed by atoms with E-state index in [1.807, 2.05) is 0 Å². The molecule has 0 saturated heterocycles. The maximum Gasteiger partial charge on any atom is 0.299 e. The van der Waals surface area contributed by atoms with Gasteiger partial charge in [0, 0.05) is 11.6 Å². The normalized spacial score (nSPS) is 9.50. The molecule has 0 unspecified atom stereocenters. The molecular formula is C7H7ClO3S. The SMILES string of the molecule is COc1sc(OC=O)cc1CCl. The zero-order valence-corrected chi connectivity index (χ0v) is 7.95. The standard InChI is InChI=1S/C7H7ClO3S/c1-10-7-5(3-8)2-6(12-7)11-4-9/h2,4H,3H2,1H3. The zero-order chi connectivity index (χ0) is 8.97. The molecule has 66 valence electrons. The molecule has 1 aromatic rings. The predicted molar refractivity (Wildman–Crippen MR) is 47.1 cm³/mol. The van der Waals surface area contributed by atoms with Crippen LogP contribution in [-0.2, 0) is 10.7 Å². The molecule has 0 saturated carbocycles. The van der Waals surface area contributed by atoms with Crippen LogP contribution in [0, 0.1) is 0 Å². The number of hydrogen-bond acceptors (Lipinski definition) is 4. The van der Waals surface area contributed by atoms with Crippen LogP contribution < -0.4 is 9.47 Å². The molecule has 3 nitrogen and oxygen atoms in total. The van der Waals surface area contributed by atoms with Gasteiger partial charge in [0.05, 0.1) is 13.0 Å². The highest BCUT2D eigenvalue weighted by Crippen LogP contribution is 2.36. The maximum absolute atomic E-state index is 9.98.